The first-order valence-electron chi connectivity index (χ1n) is 8.39. The van der Waals surface area contributed by atoms with Crippen LogP contribution in [0.5, 0.6) is 0 Å². The summed E-state index contributed by atoms with van der Waals surface area (Å²) in [5.41, 5.74) is 0.360. The molecule has 0 N–H and O–H groups in total. The van der Waals surface area contributed by atoms with Crippen LogP contribution in [0.2, 0.25) is 0 Å². The van der Waals surface area contributed by atoms with Gasteiger partial charge < -0.3 is 14.4 Å². The smallest absolute Gasteiger partial charge is 0.272 e. The number of likely N-dealkylation sites (tertiary alicyclic amines) is 1. The number of aromatic nitrogens is 2. The zero-order valence-corrected chi connectivity index (χ0v) is 13.9. The van der Waals surface area contributed by atoms with Crippen LogP contribution in [0.1, 0.15) is 43.6 Å². The summed E-state index contributed by atoms with van der Waals surface area (Å²) in [6.45, 7) is 6.92. The fraction of sp³-hybridized carbons (Fsp3) is 0.706. The lowest BCUT2D eigenvalue weighted by Crippen LogP contribution is -2.58. The van der Waals surface area contributed by atoms with Crippen LogP contribution in [0.15, 0.2) is 18.6 Å². The van der Waals surface area contributed by atoms with Gasteiger partial charge in [-0.15, -0.1) is 0 Å². The zero-order valence-electron chi connectivity index (χ0n) is 13.9. The van der Waals surface area contributed by atoms with Gasteiger partial charge in [0, 0.05) is 31.3 Å². The van der Waals surface area contributed by atoms with Crippen molar-refractivity contribution < 1.29 is 14.3 Å². The molecule has 0 saturated carbocycles. The normalized spacial score (nSPS) is 27.8. The lowest BCUT2D eigenvalue weighted by Gasteiger charge is -2.50. The number of nitrogens with zero attached hydrogens (tertiary/aromatic N) is 3. The number of hydrogen-bond donors (Lipinski definition) is 0. The number of hydrogen-bond acceptors (Lipinski definition) is 5. The Morgan fingerprint density at radius 2 is 2.43 bits per heavy atom. The first kappa shape index (κ1) is 16.3. The molecule has 0 aliphatic carbocycles. The van der Waals surface area contributed by atoms with Crippen molar-refractivity contribution in [2.75, 3.05) is 26.3 Å². The van der Waals surface area contributed by atoms with Crippen molar-refractivity contribution in [3.63, 3.8) is 0 Å². The monoisotopic (exact) mass is 319 g/mol. The van der Waals surface area contributed by atoms with Gasteiger partial charge in [-0.3, -0.25) is 4.79 Å². The molecular formula is C17H25N3O3. The molecule has 2 atom stereocenters. The number of carbonyl (C=O) groups excluding carboxylic acids is 1. The van der Waals surface area contributed by atoms with Crippen LogP contribution in [0.4, 0.5) is 0 Å². The van der Waals surface area contributed by atoms with Crippen molar-refractivity contribution in [2.45, 2.75) is 45.3 Å². The van der Waals surface area contributed by atoms with E-state index in [9.17, 15) is 4.79 Å². The summed E-state index contributed by atoms with van der Waals surface area (Å²) in [7, 11) is 0. The van der Waals surface area contributed by atoms with Crippen molar-refractivity contribution in [1.82, 2.24) is 14.9 Å². The molecule has 0 spiro atoms. The number of rotatable bonds is 4. The van der Waals surface area contributed by atoms with Gasteiger partial charge in [-0.25, -0.2) is 9.97 Å². The van der Waals surface area contributed by atoms with Crippen LogP contribution in [-0.4, -0.2) is 59.3 Å². The molecule has 0 aromatic carbocycles. The first-order valence-corrected chi connectivity index (χ1v) is 8.39. The third-order valence-corrected chi connectivity index (χ3v) is 4.78. The number of piperidine rings is 1. The number of fused-ring (bicyclic) bond motifs is 1. The first-order chi connectivity index (χ1) is 11.1. The summed E-state index contributed by atoms with van der Waals surface area (Å²) in [5, 5.41) is 0. The molecule has 0 radical (unpaired) electrons. The molecule has 1 aromatic heterocycles. The van der Waals surface area contributed by atoms with E-state index in [-0.39, 0.29) is 23.5 Å². The van der Waals surface area contributed by atoms with E-state index >= 15 is 0 Å². The maximum Gasteiger partial charge on any atom is 0.272 e. The predicted octanol–water partition coefficient (Wildman–Crippen LogP) is 1.91. The van der Waals surface area contributed by atoms with Gasteiger partial charge in [-0.1, -0.05) is 0 Å². The van der Waals surface area contributed by atoms with Gasteiger partial charge in [0.05, 0.1) is 18.8 Å². The highest BCUT2D eigenvalue weighted by atomic mass is 16.5. The van der Waals surface area contributed by atoms with Crippen LogP contribution >= 0.6 is 0 Å². The summed E-state index contributed by atoms with van der Waals surface area (Å²) in [6, 6.07) is 1.67. The Morgan fingerprint density at radius 3 is 3.17 bits per heavy atom. The summed E-state index contributed by atoms with van der Waals surface area (Å²) < 4.78 is 11.9. The third kappa shape index (κ3) is 3.53. The molecule has 2 saturated heterocycles. The second-order valence-electron chi connectivity index (χ2n) is 6.80. The van der Waals surface area contributed by atoms with E-state index in [1.807, 2.05) is 18.7 Å². The molecule has 126 valence electrons. The van der Waals surface area contributed by atoms with Crippen LogP contribution in [0.3, 0.4) is 0 Å². The van der Waals surface area contributed by atoms with E-state index in [4.69, 9.17) is 9.47 Å². The second kappa shape index (κ2) is 6.93. The lowest BCUT2D eigenvalue weighted by atomic mass is 9.73. The van der Waals surface area contributed by atoms with Gasteiger partial charge in [-0.2, -0.15) is 0 Å². The topological polar surface area (TPSA) is 64.6 Å². The molecule has 6 heteroatoms. The molecule has 2 aliphatic heterocycles. The number of carbonyl (C=O) groups is 1. The molecule has 2 fully saturated rings. The van der Waals surface area contributed by atoms with E-state index in [0.717, 1.165) is 25.9 Å². The van der Waals surface area contributed by atoms with Crippen molar-refractivity contribution in [3.8, 4) is 0 Å². The third-order valence-electron chi connectivity index (χ3n) is 4.78. The van der Waals surface area contributed by atoms with Gasteiger partial charge in [0.1, 0.15) is 12.0 Å². The Labute approximate surface area is 137 Å². The summed E-state index contributed by atoms with van der Waals surface area (Å²) in [5.74, 6) is -0.0275. The van der Waals surface area contributed by atoms with Crippen molar-refractivity contribution >= 4 is 5.91 Å². The molecule has 0 unspecified atom stereocenters. The SMILES string of the molecule is CC(C)OC[C@@]12CCCO[C@@H]1CCN(C(=O)c1ccncn1)C2. The minimum absolute atomic E-state index is 0.0275. The van der Waals surface area contributed by atoms with Crippen LogP contribution in [0, 0.1) is 5.41 Å². The van der Waals surface area contributed by atoms with Gasteiger partial charge in [0.25, 0.3) is 5.91 Å². The maximum atomic E-state index is 12.7. The average Bonchev–Trinajstić information content (AvgIpc) is 2.59. The van der Waals surface area contributed by atoms with Crippen molar-refractivity contribution in [2.24, 2.45) is 5.41 Å². The highest BCUT2D eigenvalue weighted by molar-refractivity contribution is 5.92. The van der Waals surface area contributed by atoms with E-state index in [1.165, 1.54) is 6.33 Å². The molecule has 3 heterocycles. The maximum absolute atomic E-state index is 12.7. The largest absolute Gasteiger partial charge is 0.378 e. The molecule has 2 aliphatic rings. The predicted molar refractivity (Wildman–Crippen MR) is 85.0 cm³/mol. The lowest BCUT2D eigenvalue weighted by molar-refractivity contribution is -0.152. The van der Waals surface area contributed by atoms with Crippen LogP contribution in [0.25, 0.3) is 0 Å². The molecular weight excluding hydrogens is 294 g/mol. The number of ether oxygens (including phenoxy) is 2. The quantitative estimate of drug-likeness (QED) is 0.848. The molecule has 1 amide bonds. The zero-order chi connectivity index (χ0) is 16.3. The Morgan fingerprint density at radius 1 is 1.57 bits per heavy atom. The van der Waals surface area contributed by atoms with Crippen LogP contribution in [-0.2, 0) is 9.47 Å². The highest BCUT2D eigenvalue weighted by Gasteiger charge is 2.47. The Kier molecular flexibility index (Phi) is 4.92. The van der Waals surface area contributed by atoms with Crippen molar-refractivity contribution in [3.05, 3.63) is 24.3 Å². The Balaban J connectivity index is 1.76. The average molecular weight is 319 g/mol. The standard InChI is InChI=1S/C17H25N3O3/c1-13(2)23-11-17-6-3-9-22-15(17)5-8-20(10-17)16(21)14-4-7-18-12-19-14/h4,7,12-13,15H,3,5-6,8-11H2,1-2H3/t15-,17+/m1/s1. The minimum atomic E-state index is -0.0938. The fourth-order valence-electron chi connectivity index (χ4n) is 3.59. The Hall–Kier alpha value is -1.53. The minimum Gasteiger partial charge on any atom is -0.378 e. The molecule has 0 bridgehead atoms. The molecule has 6 nitrogen and oxygen atoms in total. The molecule has 23 heavy (non-hydrogen) atoms. The summed E-state index contributed by atoms with van der Waals surface area (Å²) >= 11 is 0. The van der Waals surface area contributed by atoms with E-state index in [2.05, 4.69) is 9.97 Å². The fourth-order valence-corrected chi connectivity index (χ4v) is 3.59. The summed E-state index contributed by atoms with van der Waals surface area (Å²) in [4.78, 5) is 22.6. The number of amides is 1. The van der Waals surface area contributed by atoms with E-state index in [0.29, 0.717) is 25.4 Å². The van der Waals surface area contributed by atoms with Gasteiger partial charge in [0.15, 0.2) is 0 Å². The highest BCUT2D eigenvalue weighted by Crippen LogP contribution is 2.41. The van der Waals surface area contributed by atoms with E-state index < -0.39 is 0 Å². The van der Waals surface area contributed by atoms with Crippen LogP contribution < -0.4 is 0 Å². The summed E-state index contributed by atoms with van der Waals surface area (Å²) in [6.07, 6.45) is 6.31. The van der Waals surface area contributed by atoms with Gasteiger partial charge >= 0.3 is 0 Å². The molecule has 3 rings (SSSR count). The second-order valence-corrected chi connectivity index (χ2v) is 6.80. The van der Waals surface area contributed by atoms with E-state index in [1.54, 1.807) is 12.3 Å². The Bertz CT molecular complexity index is 537. The van der Waals surface area contributed by atoms with Gasteiger partial charge in [-0.05, 0) is 39.2 Å². The van der Waals surface area contributed by atoms with Crippen molar-refractivity contribution in [1.29, 1.82) is 0 Å². The van der Waals surface area contributed by atoms with Gasteiger partial charge in [0.2, 0.25) is 0 Å². The molecule has 1 aromatic rings.